The van der Waals surface area contributed by atoms with Crippen LogP contribution >= 0.6 is 11.8 Å². The number of thioether (sulfide) groups is 1. The van der Waals surface area contributed by atoms with Crippen molar-refractivity contribution in [2.45, 2.75) is 5.75 Å². The second-order valence-electron chi connectivity index (χ2n) is 3.88. The number of rotatable bonds is 3. The van der Waals surface area contributed by atoms with Gasteiger partial charge in [0.15, 0.2) is 5.43 Å². The summed E-state index contributed by atoms with van der Waals surface area (Å²) in [5.74, 6) is 1.47. The zero-order valence-corrected chi connectivity index (χ0v) is 11.0. The second-order valence-corrected chi connectivity index (χ2v) is 4.75. The largest absolute Gasteiger partial charge is 0.495 e. The van der Waals surface area contributed by atoms with Gasteiger partial charge in [-0.2, -0.15) is 11.8 Å². The van der Waals surface area contributed by atoms with Gasteiger partial charge in [-0.15, -0.1) is 0 Å². The van der Waals surface area contributed by atoms with Gasteiger partial charge in [-0.05, 0) is 18.4 Å². The van der Waals surface area contributed by atoms with Crippen LogP contribution in [0.25, 0.3) is 10.9 Å². The molecule has 0 saturated carbocycles. The first-order valence-corrected chi connectivity index (χ1v) is 6.72. The highest BCUT2D eigenvalue weighted by Crippen LogP contribution is 2.23. The molecule has 1 heterocycles. The van der Waals surface area contributed by atoms with Crippen molar-refractivity contribution in [3.05, 3.63) is 40.2 Å². The quantitative estimate of drug-likeness (QED) is 0.837. The third-order valence-electron chi connectivity index (χ3n) is 2.76. The van der Waals surface area contributed by atoms with Crippen molar-refractivity contribution in [3.8, 4) is 5.75 Å². The summed E-state index contributed by atoms with van der Waals surface area (Å²) in [6.07, 6.45) is 3.89. The molecule has 1 aromatic heterocycles. The molecule has 0 spiro atoms. The lowest BCUT2D eigenvalue weighted by atomic mass is 10.1. The fraction of sp³-hybridized carbons (Fsp3) is 0.308. The van der Waals surface area contributed by atoms with Gasteiger partial charge in [0, 0.05) is 29.9 Å². The average molecular weight is 249 g/mol. The molecule has 0 unspecified atom stereocenters. The Morgan fingerprint density at radius 2 is 2.18 bits per heavy atom. The van der Waals surface area contributed by atoms with E-state index < -0.39 is 0 Å². The number of methoxy groups -OCH3 is 1. The highest BCUT2D eigenvalue weighted by molar-refractivity contribution is 7.97. The van der Waals surface area contributed by atoms with Gasteiger partial charge in [-0.25, -0.2) is 0 Å². The van der Waals surface area contributed by atoms with Gasteiger partial charge in [0.2, 0.25) is 0 Å². The van der Waals surface area contributed by atoms with Crippen LogP contribution in [0.4, 0.5) is 0 Å². The molecule has 0 aliphatic heterocycles. The van der Waals surface area contributed by atoms with Crippen LogP contribution in [0, 0.1) is 0 Å². The fourth-order valence-electron chi connectivity index (χ4n) is 2.02. The van der Waals surface area contributed by atoms with Crippen LogP contribution in [0.15, 0.2) is 29.2 Å². The molecule has 1 aromatic carbocycles. The van der Waals surface area contributed by atoms with Crippen LogP contribution < -0.4 is 10.2 Å². The van der Waals surface area contributed by atoms with Crippen LogP contribution in [0.1, 0.15) is 5.56 Å². The molecule has 0 aliphatic rings. The van der Waals surface area contributed by atoms with E-state index in [1.165, 1.54) is 0 Å². The first kappa shape index (κ1) is 12.0. The zero-order valence-electron chi connectivity index (χ0n) is 10.2. The normalized spacial score (nSPS) is 10.8. The Morgan fingerprint density at radius 3 is 2.82 bits per heavy atom. The molecular formula is C13H15NO2S. The summed E-state index contributed by atoms with van der Waals surface area (Å²) in [7, 11) is 3.56. The van der Waals surface area contributed by atoms with Crippen LogP contribution in [0.2, 0.25) is 0 Å². The number of hydrogen-bond acceptors (Lipinski definition) is 3. The minimum atomic E-state index is 0.103. The Morgan fingerprint density at radius 1 is 1.41 bits per heavy atom. The Kier molecular flexibility index (Phi) is 3.43. The van der Waals surface area contributed by atoms with Gasteiger partial charge >= 0.3 is 0 Å². The molecule has 0 bridgehead atoms. The van der Waals surface area contributed by atoms with Gasteiger partial charge < -0.3 is 9.30 Å². The standard InChI is InChI=1S/C13H15NO2S/c1-14-7-9(8-17-3)13(15)10-5-4-6-11(16-2)12(10)14/h4-7H,8H2,1-3H3. The molecule has 2 aromatic rings. The lowest BCUT2D eigenvalue weighted by molar-refractivity contribution is 0.417. The lowest BCUT2D eigenvalue weighted by Crippen LogP contribution is -2.13. The van der Waals surface area contributed by atoms with Crippen molar-refractivity contribution in [3.63, 3.8) is 0 Å². The third-order valence-corrected chi connectivity index (χ3v) is 3.36. The van der Waals surface area contributed by atoms with E-state index in [-0.39, 0.29) is 5.43 Å². The zero-order chi connectivity index (χ0) is 12.4. The summed E-state index contributed by atoms with van der Waals surface area (Å²) >= 11 is 1.65. The van der Waals surface area contributed by atoms with E-state index in [9.17, 15) is 4.79 Å². The number of ether oxygens (including phenoxy) is 1. The summed E-state index contributed by atoms with van der Waals surface area (Å²) in [6.45, 7) is 0. The average Bonchev–Trinajstić information content (AvgIpc) is 2.35. The number of nitrogens with zero attached hydrogens (tertiary/aromatic N) is 1. The van der Waals surface area contributed by atoms with Gasteiger partial charge in [-0.1, -0.05) is 6.07 Å². The summed E-state index contributed by atoms with van der Waals surface area (Å²) in [6, 6.07) is 5.57. The summed E-state index contributed by atoms with van der Waals surface area (Å²) in [5.41, 5.74) is 1.79. The van der Waals surface area contributed by atoms with E-state index in [1.807, 2.05) is 42.3 Å². The minimum absolute atomic E-state index is 0.103. The number of aromatic nitrogens is 1. The van der Waals surface area contributed by atoms with E-state index in [2.05, 4.69) is 0 Å². The molecule has 0 fully saturated rings. The highest BCUT2D eigenvalue weighted by Gasteiger charge is 2.10. The molecule has 0 aliphatic carbocycles. The maximum atomic E-state index is 12.3. The Labute approximate surface area is 104 Å². The maximum absolute atomic E-state index is 12.3. The van der Waals surface area contributed by atoms with Crippen molar-refractivity contribution < 1.29 is 4.74 Å². The third kappa shape index (κ3) is 2.05. The minimum Gasteiger partial charge on any atom is -0.495 e. The highest BCUT2D eigenvalue weighted by atomic mass is 32.2. The SMILES string of the molecule is COc1cccc2c(=O)c(CSC)cn(C)c12. The van der Waals surface area contributed by atoms with Crippen molar-refractivity contribution in [2.24, 2.45) is 7.05 Å². The Bertz CT molecular complexity index is 604. The fourth-order valence-corrected chi connectivity index (χ4v) is 2.54. The van der Waals surface area contributed by atoms with Crippen LogP contribution in [0.5, 0.6) is 5.75 Å². The molecule has 0 saturated heterocycles. The summed E-state index contributed by atoms with van der Waals surface area (Å²) in [5, 5.41) is 0.721. The Balaban J connectivity index is 2.82. The predicted molar refractivity (Wildman–Crippen MR) is 73.0 cm³/mol. The Hall–Kier alpha value is -1.42. The van der Waals surface area contributed by atoms with E-state index in [4.69, 9.17) is 4.74 Å². The molecular weight excluding hydrogens is 234 g/mol. The monoisotopic (exact) mass is 249 g/mol. The second kappa shape index (κ2) is 4.84. The van der Waals surface area contributed by atoms with Gasteiger partial charge in [-0.3, -0.25) is 4.79 Å². The molecule has 0 amide bonds. The molecule has 4 heteroatoms. The number of aryl methyl sites for hydroxylation is 1. The molecule has 90 valence electrons. The molecule has 3 nitrogen and oxygen atoms in total. The van der Waals surface area contributed by atoms with E-state index in [0.717, 1.165) is 28.0 Å². The topological polar surface area (TPSA) is 31.2 Å². The predicted octanol–water partition coefficient (Wildman–Crippen LogP) is 2.41. The first-order chi connectivity index (χ1) is 8.19. The number of benzene rings is 1. The van der Waals surface area contributed by atoms with Crippen molar-refractivity contribution in [1.29, 1.82) is 0 Å². The van der Waals surface area contributed by atoms with Gasteiger partial charge in [0.05, 0.1) is 12.6 Å². The summed E-state index contributed by atoms with van der Waals surface area (Å²) in [4.78, 5) is 12.3. The van der Waals surface area contributed by atoms with E-state index in [1.54, 1.807) is 18.9 Å². The van der Waals surface area contributed by atoms with Crippen molar-refractivity contribution >= 4 is 22.7 Å². The number of para-hydroxylation sites is 1. The van der Waals surface area contributed by atoms with Crippen LogP contribution in [-0.4, -0.2) is 17.9 Å². The summed E-state index contributed by atoms with van der Waals surface area (Å²) < 4.78 is 7.26. The van der Waals surface area contributed by atoms with Crippen molar-refractivity contribution in [1.82, 2.24) is 4.57 Å². The van der Waals surface area contributed by atoms with E-state index >= 15 is 0 Å². The lowest BCUT2D eigenvalue weighted by Gasteiger charge is -2.11. The molecule has 0 N–H and O–H groups in total. The smallest absolute Gasteiger partial charge is 0.193 e. The first-order valence-electron chi connectivity index (χ1n) is 5.33. The van der Waals surface area contributed by atoms with Crippen molar-refractivity contribution in [2.75, 3.05) is 13.4 Å². The van der Waals surface area contributed by atoms with Gasteiger partial charge in [0.1, 0.15) is 5.75 Å². The van der Waals surface area contributed by atoms with Crippen LogP contribution in [-0.2, 0) is 12.8 Å². The van der Waals surface area contributed by atoms with Gasteiger partial charge in [0.25, 0.3) is 0 Å². The molecule has 0 atom stereocenters. The van der Waals surface area contributed by atoms with Crippen LogP contribution in [0.3, 0.4) is 0 Å². The van der Waals surface area contributed by atoms with E-state index in [0.29, 0.717) is 0 Å². The molecule has 0 radical (unpaired) electrons. The maximum Gasteiger partial charge on any atom is 0.193 e. The molecule has 2 rings (SSSR count). The molecule has 17 heavy (non-hydrogen) atoms. The number of fused-ring (bicyclic) bond motifs is 1. The number of hydrogen-bond donors (Lipinski definition) is 0. The number of pyridine rings is 1.